The SMILES string of the molecule is COc1ccccc1/C=C/C(=O)OCC(=O)NCC(=O)Nc1ccc(F)c(F)c1F. The molecular weight excluding hydrogens is 405 g/mol. The molecule has 10 heteroatoms. The molecule has 0 aromatic heterocycles. The average molecular weight is 422 g/mol. The van der Waals surface area contributed by atoms with Crippen LogP contribution in [-0.4, -0.2) is 38.0 Å². The van der Waals surface area contributed by atoms with Gasteiger partial charge in [0.15, 0.2) is 24.1 Å². The van der Waals surface area contributed by atoms with Crippen LogP contribution in [0.2, 0.25) is 0 Å². The van der Waals surface area contributed by atoms with E-state index in [2.05, 4.69) is 5.32 Å². The molecule has 2 amide bonds. The van der Waals surface area contributed by atoms with Gasteiger partial charge in [0.1, 0.15) is 5.75 Å². The highest BCUT2D eigenvalue weighted by Gasteiger charge is 2.15. The van der Waals surface area contributed by atoms with Gasteiger partial charge in [-0.25, -0.2) is 18.0 Å². The predicted octanol–water partition coefficient (Wildman–Crippen LogP) is 2.42. The van der Waals surface area contributed by atoms with E-state index in [1.54, 1.807) is 24.3 Å². The quantitative estimate of drug-likeness (QED) is 0.387. The molecule has 0 aliphatic heterocycles. The highest BCUT2D eigenvalue weighted by Crippen LogP contribution is 2.19. The Hall–Kier alpha value is -3.82. The number of para-hydroxylation sites is 1. The molecule has 0 aliphatic rings. The summed E-state index contributed by atoms with van der Waals surface area (Å²) in [5.41, 5.74) is 0.0450. The average Bonchev–Trinajstić information content (AvgIpc) is 2.75. The van der Waals surface area contributed by atoms with Crippen LogP contribution in [0.25, 0.3) is 6.08 Å². The first kappa shape index (κ1) is 22.5. The molecule has 0 bridgehead atoms. The molecule has 0 unspecified atom stereocenters. The highest BCUT2D eigenvalue weighted by molar-refractivity contribution is 5.95. The smallest absolute Gasteiger partial charge is 0.331 e. The summed E-state index contributed by atoms with van der Waals surface area (Å²) >= 11 is 0. The lowest BCUT2D eigenvalue weighted by atomic mass is 10.2. The molecule has 0 spiro atoms. The standard InChI is InChI=1S/C20H17F3N2O5/c1-29-15-5-3-2-4-12(15)6-9-18(28)30-11-17(27)24-10-16(26)25-14-8-7-13(21)19(22)20(14)23/h2-9H,10-11H2,1H3,(H,24,27)(H,25,26)/b9-6+. The predicted molar refractivity (Wildman–Crippen MR) is 101 cm³/mol. The second kappa shape index (κ2) is 10.6. The number of benzene rings is 2. The Morgan fingerprint density at radius 2 is 1.73 bits per heavy atom. The lowest BCUT2D eigenvalue weighted by molar-refractivity contribution is -0.143. The van der Waals surface area contributed by atoms with E-state index in [4.69, 9.17) is 9.47 Å². The molecule has 0 atom stereocenters. The third-order valence-corrected chi connectivity index (χ3v) is 3.64. The molecule has 2 N–H and O–H groups in total. The van der Waals surface area contributed by atoms with Gasteiger partial charge in [-0.3, -0.25) is 9.59 Å². The minimum absolute atomic E-state index is 0.544. The number of methoxy groups -OCH3 is 1. The van der Waals surface area contributed by atoms with Crippen molar-refractivity contribution in [2.75, 3.05) is 25.6 Å². The molecule has 0 fully saturated rings. The van der Waals surface area contributed by atoms with Crippen molar-refractivity contribution >= 4 is 29.5 Å². The van der Waals surface area contributed by atoms with Gasteiger partial charge in [-0.05, 0) is 24.3 Å². The number of amides is 2. The van der Waals surface area contributed by atoms with E-state index in [1.165, 1.54) is 13.2 Å². The third kappa shape index (κ3) is 6.36. The van der Waals surface area contributed by atoms with Crippen molar-refractivity contribution in [1.29, 1.82) is 0 Å². The summed E-state index contributed by atoms with van der Waals surface area (Å²) in [6.07, 6.45) is 2.55. The van der Waals surface area contributed by atoms with Crippen molar-refractivity contribution in [3.8, 4) is 5.75 Å². The largest absolute Gasteiger partial charge is 0.496 e. The summed E-state index contributed by atoms with van der Waals surface area (Å²) in [5, 5.41) is 4.11. The first-order chi connectivity index (χ1) is 14.3. The number of hydrogen-bond acceptors (Lipinski definition) is 5. The monoisotopic (exact) mass is 422 g/mol. The second-order valence-corrected chi connectivity index (χ2v) is 5.73. The van der Waals surface area contributed by atoms with Crippen LogP contribution in [0.5, 0.6) is 5.75 Å². The van der Waals surface area contributed by atoms with Gasteiger partial charge in [-0.2, -0.15) is 0 Å². The van der Waals surface area contributed by atoms with Gasteiger partial charge in [0.05, 0.1) is 19.3 Å². The van der Waals surface area contributed by atoms with Gasteiger partial charge < -0.3 is 20.1 Å². The normalized spacial score (nSPS) is 10.5. The molecule has 0 saturated carbocycles. The van der Waals surface area contributed by atoms with Crippen LogP contribution in [0.4, 0.5) is 18.9 Å². The molecule has 30 heavy (non-hydrogen) atoms. The number of nitrogens with one attached hydrogen (secondary N) is 2. The Balaban J connectivity index is 1.76. The Bertz CT molecular complexity index is 979. The fraction of sp³-hybridized carbons (Fsp3) is 0.150. The summed E-state index contributed by atoms with van der Waals surface area (Å²) in [6.45, 7) is -1.27. The van der Waals surface area contributed by atoms with E-state index in [-0.39, 0.29) is 0 Å². The fourth-order valence-electron chi connectivity index (χ4n) is 2.19. The number of rotatable bonds is 8. The van der Waals surface area contributed by atoms with Crippen molar-refractivity contribution in [1.82, 2.24) is 5.32 Å². The molecule has 0 aliphatic carbocycles. The number of carbonyl (C=O) groups excluding carboxylic acids is 3. The summed E-state index contributed by atoms with van der Waals surface area (Å²) in [4.78, 5) is 35.0. The van der Waals surface area contributed by atoms with Gasteiger partial charge >= 0.3 is 5.97 Å². The van der Waals surface area contributed by atoms with E-state index in [0.29, 0.717) is 17.4 Å². The van der Waals surface area contributed by atoms with Crippen LogP contribution < -0.4 is 15.4 Å². The Morgan fingerprint density at radius 1 is 1.00 bits per heavy atom. The second-order valence-electron chi connectivity index (χ2n) is 5.73. The zero-order valence-corrected chi connectivity index (χ0v) is 15.7. The van der Waals surface area contributed by atoms with Crippen LogP contribution in [0.3, 0.4) is 0 Å². The van der Waals surface area contributed by atoms with Crippen LogP contribution in [0.15, 0.2) is 42.5 Å². The Morgan fingerprint density at radius 3 is 2.47 bits per heavy atom. The van der Waals surface area contributed by atoms with Gasteiger partial charge in [0, 0.05) is 11.6 Å². The summed E-state index contributed by atoms with van der Waals surface area (Å²) in [7, 11) is 1.48. The van der Waals surface area contributed by atoms with E-state index < -0.39 is 54.1 Å². The number of carbonyl (C=O) groups is 3. The van der Waals surface area contributed by atoms with Gasteiger partial charge in [-0.15, -0.1) is 0 Å². The molecule has 2 aromatic rings. The lowest BCUT2D eigenvalue weighted by Gasteiger charge is -2.08. The topological polar surface area (TPSA) is 93.7 Å². The van der Waals surface area contributed by atoms with E-state index in [1.807, 2.05) is 5.32 Å². The molecular formula is C20H17F3N2O5. The molecule has 0 heterocycles. The number of hydrogen-bond donors (Lipinski definition) is 2. The maximum Gasteiger partial charge on any atom is 0.331 e. The van der Waals surface area contributed by atoms with Crippen molar-refractivity contribution in [3.05, 3.63) is 65.5 Å². The van der Waals surface area contributed by atoms with Gasteiger partial charge in [0.25, 0.3) is 5.91 Å². The molecule has 0 radical (unpaired) electrons. The molecule has 7 nitrogen and oxygen atoms in total. The van der Waals surface area contributed by atoms with Gasteiger partial charge in [0.2, 0.25) is 5.91 Å². The minimum atomic E-state index is -1.73. The highest BCUT2D eigenvalue weighted by atomic mass is 19.2. The number of ether oxygens (including phenoxy) is 2. The van der Waals surface area contributed by atoms with Crippen molar-refractivity contribution < 1.29 is 37.0 Å². The molecule has 2 rings (SSSR count). The summed E-state index contributed by atoms with van der Waals surface area (Å²) < 4.78 is 49.3. The van der Waals surface area contributed by atoms with E-state index >= 15 is 0 Å². The van der Waals surface area contributed by atoms with E-state index in [9.17, 15) is 27.6 Å². The number of halogens is 3. The number of anilines is 1. The van der Waals surface area contributed by atoms with Gasteiger partial charge in [-0.1, -0.05) is 18.2 Å². The van der Waals surface area contributed by atoms with Crippen molar-refractivity contribution in [2.45, 2.75) is 0 Å². The Labute approximate surface area is 169 Å². The minimum Gasteiger partial charge on any atom is -0.496 e. The first-order valence-electron chi connectivity index (χ1n) is 8.49. The van der Waals surface area contributed by atoms with Crippen LogP contribution >= 0.6 is 0 Å². The molecule has 2 aromatic carbocycles. The Kier molecular flexibility index (Phi) is 7.98. The zero-order valence-electron chi connectivity index (χ0n) is 15.7. The maximum absolute atomic E-state index is 13.5. The summed E-state index contributed by atoms with van der Waals surface area (Å²) in [5.74, 6) is -6.64. The van der Waals surface area contributed by atoms with Crippen LogP contribution in [-0.2, 0) is 19.1 Å². The van der Waals surface area contributed by atoms with Crippen molar-refractivity contribution in [2.24, 2.45) is 0 Å². The summed E-state index contributed by atoms with van der Waals surface area (Å²) in [6, 6.07) is 8.40. The van der Waals surface area contributed by atoms with Crippen LogP contribution in [0, 0.1) is 17.5 Å². The zero-order chi connectivity index (χ0) is 22.1. The third-order valence-electron chi connectivity index (χ3n) is 3.64. The number of esters is 1. The molecule has 0 saturated heterocycles. The van der Waals surface area contributed by atoms with E-state index in [0.717, 1.165) is 12.1 Å². The first-order valence-corrected chi connectivity index (χ1v) is 8.49. The fourth-order valence-corrected chi connectivity index (χ4v) is 2.19. The lowest BCUT2D eigenvalue weighted by Crippen LogP contribution is -2.35. The maximum atomic E-state index is 13.5. The van der Waals surface area contributed by atoms with Crippen LogP contribution in [0.1, 0.15) is 5.56 Å². The molecule has 158 valence electrons. The van der Waals surface area contributed by atoms with Crippen molar-refractivity contribution in [3.63, 3.8) is 0 Å².